The number of nitrogens with zero attached hydrogens (tertiary/aromatic N) is 1. The third kappa shape index (κ3) is 5.30. The van der Waals surface area contributed by atoms with Crippen LogP contribution in [0.5, 0.6) is 0 Å². The summed E-state index contributed by atoms with van der Waals surface area (Å²) in [5.74, 6) is -0.106. The van der Waals surface area contributed by atoms with Crippen molar-refractivity contribution in [2.75, 3.05) is 29.9 Å². The first-order valence-corrected chi connectivity index (χ1v) is 10.7. The van der Waals surface area contributed by atoms with Gasteiger partial charge in [0.05, 0.1) is 4.90 Å². The van der Waals surface area contributed by atoms with Crippen molar-refractivity contribution < 1.29 is 17.6 Å². The summed E-state index contributed by atoms with van der Waals surface area (Å²) >= 11 is 0. The van der Waals surface area contributed by atoms with Crippen LogP contribution in [0.3, 0.4) is 0 Å². The molecular weight excluding hydrogens is 381 g/mol. The van der Waals surface area contributed by atoms with E-state index in [1.165, 1.54) is 18.6 Å². The van der Waals surface area contributed by atoms with E-state index in [0.29, 0.717) is 11.6 Å². The van der Waals surface area contributed by atoms with Crippen molar-refractivity contribution in [3.8, 4) is 0 Å². The highest BCUT2D eigenvalue weighted by Crippen LogP contribution is 2.24. The lowest BCUT2D eigenvalue weighted by Crippen LogP contribution is -2.27. The number of sulfonamides is 1. The van der Waals surface area contributed by atoms with E-state index in [0.717, 1.165) is 30.9 Å². The molecule has 0 spiro atoms. The molecule has 1 fully saturated rings. The highest BCUT2D eigenvalue weighted by molar-refractivity contribution is 7.89. The molecule has 0 aliphatic carbocycles. The molecule has 2 N–H and O–H groups in total. The molecule has 0 bridgehead atoms. The second-order valence-corrected chi connectivity index (χ2v) is 8.80. The molecule has 0 aromatic heterocycles. The minimum Gasteiger partial charge on any atom is -0.371 e. The molecule has 1 aliphatic heterocycles. The van der Waals surface area contributed by atoms with Crippen LogP contribution in [0.15, 0.2) is 53.4 Å². The quantitative estimate of drug-likeness (QED) is 0.742. The second-order valence-electron chi connectivity index (χ2n) is 7.04. The molecule has 2 aromatic carbocycles. The summed E-state index contributed by atoms with van der Waals surface area (Å²) < 4.78 is 39.4. The third-order valence-corrected chi connectivity index (χ3v) is 6.19. The maximum absolute atomic E-state index is 12.9. The molecule has 1 amide bonds. The molecule has 1 aliphatic rings. The van der Waals surface area contributed by atoms with Crippen molar-refractivity contribution in [3.05, 3.63) is 54.3 Å². The zero-order valence-corrected chi connectivity index (χ0v) is 16.5. The van der Waals surface area contributed by atoms with Crippen LogP contribution in [0.2, 0.25) is 0 Å². The van der Waals surface area contributed by atoms with E-state index < -0.39 is 15.8 Å². The second kappa shape index (κ2) is 8.70. The van der Waals surface area contributed by atoms with Crippen LogP contribution in [0.25, 0.3) is 0 Å². The van der Waals surface area contributed by atoms with Crippen molar-refractivity contribution in [1.29, 1.82) is 0 Å². The molecule has 2 aromatic rings. The number of amides is 1. The summed E-state index contributed by atoms with van der Waals surface area (Å²) in [5.41, 5.74) is 1.80. The molecule has 28 heavy (non-hydrogen) atoms. The van der Waals surface area contributed by atoms with Gasteiger partial charge >= 0.3 is 0 Å². The van der Waals surface area contributed by atoms with Crippen LogP contribution in [-0.2, 0) is 14.8 Å². The summed E-state index contributed by atoms with van der Waals surface area (Å²) in [6.45, 7) is 4.27. The molecule has 1 saturated heterocycles. The Labute approximate surface area is 164 Å². The van der Waals surface area contributed by atoms with Gasteiger partial charge in [-0.2, -0.15) is 0 Å². The Morgan fingerprint density at radius 1 is 1.14 bits per heavy atom. The molecule has 8 heteroatoms. The average molecular weight is 405 g/mol. The molecular formula is C20H24FN3O3S. The Morgan fingerprint density at radius 2 is 1.82 bits per heavy atom. The molecule has 150 valence electrons. The van der Waals surface area contributed by atoms with Crippen LogP contribution in [0, 0.1) is 11.7 Å². The van der Waals surface area contributed by atoms with E-state index >= 15 is 0 Å². The normalized spacial score (nSPS) is 16.9. The largest absolute Gasteiger partial charge is 0.371 e. The van der Waals surface area contributed by atoms with Gasteiger partial charge in [0.1, 0.15) is 5.82 Å². The Kier molecular flexibility index (Phi) is 6.31. The van der Waals surface area contributed by atoms with Crippen molar-refractivity contribution in [2.45, 2.75) is 24.7 Å². The van der Waals surface area contributed by atoms with Crippen molar-refractivity contribution >= 4 is 27.3 Å². The van der Waals surface area contributed by atoms with Gasteiger partial charge in [-0.25, -0.2) is 17.5 Å². The first-order valence-electron chi connectivity index (χ1n) is 9.23. The van der Waals surface area contributed by atoms with Crippen molar-refractivity contribution in [2.24, 2.45) is 5.92 Å². The number of hydrogen-bond donors (Lipinski definition) is 2. The summed E-state index contributed by atoms with van der Waals surface area (Å²) in [5, 5.41) is 2.76. The lowest BCUT2D eigenvalue weighted by molar-refractivity contribution is -0.116. The molecule has 1 atom stereocenters. The summed E-state index contributed by atoms with van der Waals surface area (Å²) in [7, 11) is -3.77. The van der Waals surface area contributed by atoms with Gasteiger partial charge in [0.25, 0.3) is 0 Å². The number of anilines is 2. The molecule has 3 rings (SSSR count). The van der Waals surface area contributed by atoms with E-state index in [-0.39, 0.29) is 23.8 Å². The standard InChI is InChI=1S/C20H24FN3O3S/c1-15-11-13-24(14-15)18-6-4-17(5-7-18)23-20(25)10-12-22-28(26,27)19-8-2-16(21)3-9-19/h2-9,15,22H,10-14H2,1H3,(H,23,25). The topological polar surface area (TPSA) is 78.5 Å². The maximum Gasteiger partial charge on any atom is 0.240 e. The number of carbonyl (C=O) groups excluding carboxylic acids is 1. The van der Waals surface area contributed by atoms with Gasteiger partial charge in [-0.1, -0.05) is 6.92 Å². The molecule has 0 saturated carbocycles. The van der Waals surface area contributed by atoms with Gasteiger partial charge < -0.3 is 10.2 Å². The van der Waals surface area contributed by atoms with Crippen LogP contribution in [0.1, 0.15) is 19.8 Å². The third-order valence-electron chi connectivity index (χ3n) is 4.71. The SMILES string of the molecule is CC1CCN(c2ccc(NC(=O)CCNS(=O)(=O)c3ccc(F)cc3)cc2)C1. The highest BCUT2D eigenvalue weighted by Gasteiger charge is 2.19. The van der Waals surface area contributed by atoms with E-state index in [4.69, 9.17) is 0 Å². The van der Waals surface area contributed by atoms with E-state index in [1.54, 1.807) is 0 Å². The predicted octanol–water partition coefficient (Wildman–Crippen LogP) is 2.98. The average Bonchev–Trinajstić information content (AvgIpc) is 3.09. The van der Waals surface area contributed by atoms with Crippen LogP contribution in [0.4, 0.5) is 15.8 Å². The number of halogens is 1. The van der Waals surface area contributed by atoms with Gasteiger partial charge in [-0.15, -0.1) is 0 Å². The number of benzene rings is 2. The fraction of sp³-hybridized carbons (Fsp3) is 0.350. The van der Waals surface area contributed by atoms with Gasteiger partial charge in [-0.3, -0.25) is 4.79 Å². The molecule has 1 unspecified atom stereocenters. The van der Waals surface area contributed by atoms with Crippen LogP contribution >= 0.6 is 0 Å². The minimum absolute atomic E-state index is 0.00812. The Bertz CT molecular complexity index is 915. The summed E-state index contributed by atoms with van der Waals surface area (Å²) in [4.78, 5) is 14.3. The van der Waals surface area contributed by atoms with E-state index in [9.17, 15) is 17.6 Å². The Morgan fingerprint density at radius 3 is 2.43 bits per heavy atom. The molecule has 1 heterocycles. The lowest BCUT2D eigenvalue weighted by Gasteiger charge is -2.18. The van der Waals surface area contributed by atoms with Gasteiger partial charge in [0.15, 0.2) is 0 Å². The summed E-state index contributed by atoms with van der Waals surface area (Å²) in [6, 6.07) is 12.2. The van der Waals surface area contributed by atoms with Gasteiger partial charge in [-0.05, 0) is 60.9 Å². The van der Waals surface area contributed by atoms with E-state index in [1.807, 2.05) is 24.3 Å². The van der Waals surface area contributed by atoms with Crippen LogP contribution < -0.4 is 14.9 Å². The van der Waals surface area contributed by atoms with Crippen molar-refractivity contribution in [3.63, 3.8) is 0 Å². The Balaban J connectivity index is 1.47. The minimum atomic E-state index is -3.77. The lowest BCUT2D eigenvalue weighted by atomic mass is 10.2. The van der Waals surface area contributed by atoms with Crippen LogP contribution in [-0.4, -0.2) is 34.0 Å². The van der Waals surface area contributed by atoms with Gasteiger partial charge in [0.2, 0.25) is 15.9 Å². The van der Waals surface area contributed by atoms with Crippen molar-refractivity contribution in [1.82, 2.24) is 4.72 Å². The highest BCUT2D eigenvalue weighted by atomic mass is 32.2. The monoisotopic (exact) mass is 405 g/mol. The fourth-order valence-corrected chi connectivity index (χ4v) is 4.18. The predicted molar refractivity (Wildman–Crippen MR) is 107 cm³/mol. The first kappa shape index (κ1) is 20.3. The fourth-order valence-electron chi connectivity index (χ4n) is 3.14. The summed E-state index contributed by atoms with van der Waals surface area (Å²) in [6.07, 6.45) is 1.18. The molecule has 0 radical (unpaired) electrons. The number of carbonyl (C=O) groups is 1. The molecule has 6 nitrogen and oxygen atoms in total. The Hall–Kier alpha value is -2.45. The number of rotatable bonds is 7. The maximum atomic E-state index is 12.9. The number of nitrogens with one attached hydrogen (secondary N) is 2. The number of hydrogen-bond acceptors (Lipinski definition) is 4. The first-order chi connectivity index (χ1) is 13.3. The van der Waals surface area contributed by atoms with E-state index in [2.05, 4.69) is 21.9 Å². The zero-order valence-electron chi connectivity index (χ0n) is 15.7. The van der Waals surface area contributed by atoms with Gasteiger partial charge in [0, 0.05) is 37.4 Å². The zero-order chi connectivity index (χ0) is 20.1. The smallest absolute Gasteiger partial charge is 0.240 e.